The van der Waals surface area contributed by atoms with Gasteiger partial charge in [-0.3, -0.25) is 9.59 Å². The van der Waals surface area contributed by atoms with E-state index in [1.165, 1.54) is 11.8 Å². The lowest BCUT2D eigenvalue weighted by molar-refractivity contribution is -0.146. The molecule has 1 N–H and O–H groups in total. The van der Waals surface area contributed by atoms with Gasteiger partial charge in [0.1, 0.15) is 5.25 Å². The van der Waals surface area contributed by atoms with Crippen LogP contribution in [0.15, 0.2) is 0 Å². The molecule has 0 aliphatic carbocycles. The van der Waals surface area contributed by atoms with Crippen molar-refractivity contribution in [3.05, 3.63) is 0 Å². The summed E-state index contributed by atoms with van der Waals surface area (Å²) in [6.45, 7) is 3.58. The van der Waals surface area contributed by atoms with Crippen molar-refractivity contribution >= 4 is 29.7 Å². The molecule has 0 saturated carbocycles. The summed E-state index contributed by atoms with van der Waals surface area (Å²) in [5.41, 5.74) is 0. The third kappa shape index (κ3) is 6.28. The van der Waals surface area contributed by atoms with E-state index in [0.717, 1.165) is 6.21 Å². The van der Waals surface area contributed by atoms with E-state index in [0.29, 0.717) is 6.42 Å². The highest BCUT2D eigenvalue weighted by Crippen LogP contribution is 2.15. The van der Waals surface area contributed by atoms with Crippen molar-refractivity contribution in [3.63, 3.8) is 0 Å². The second-order valence-corrected chi connectivity index (χ2v) is 4.40. The minimum absolute atomic E-state index is 0.134. The van der Waals surface area contributed by atoms with E-state index in [9.17, 15) is 9.59 Å². The van der Waals surface area contributed by atoms with Gasteiger partial charge in [0.15, 0.2) is 5.78 Å². The Bertz CT molecular complexity index is 241. The summed E-state index contributed by atoms with van der Waals surface area (Å²) < 4.78 is 5.04. The lowest BCUT2D eigenvalue weighted by Gasteiger charge is -2.14. The van der Waals surface area contributed by atoms with Crippen molar-refractivity contribution < 1.29 is 14.3 Å². The van der Waals surface area contributed by atoms with Crippen LogP contribution in [-0.2, 0) is 14.3 Å². The highest BCUT2D eigenvalue weighted by molar-refractivity contribution is 7.99. The molecule has 0 aliphatic heterocycles. The highest BCUT2D eigenvalue weighted by Gasteiger charge is 2.20. The molecule has 0 aromatic carbocycles. The van der Waals surface area contributed by atoms with Crippen LogP contribution in [0.2, 0.25) is 0 Å². The Hall–Kier alpha value is -0.840. The van der Waals surface area contributed by atoms with Gasteiger partial charge in [0.25, 0.3) is 0 Å². The maximum Gasteiger partial charge on any atom is 0.319 e. The predicted molar refractivity (Wildman–Crippen MR) is 61.6 cm³/mol. The molecule has 1 unspecified atom stereocenters. The summed E-state index contributed by atoms with van der Waals surface area (Å²) in [5.74, 6) is -0.540. The van der Waals surface area contributed by atoms with E-state index < -0.39 is 0 Å². The maximum absolute atomic E-state index is 11.5. The molecule has 0 heterocycles. The summed E-state index contributed by atoms with van der Waals surface area (Å²) in [6.07, 6.45) is 3.11. The molecule has 5 heteroatoms. The number of hydrogen-bond acceptors (Lipinski definition) is 5. The molecule has 0 bridgehead atoms. The number of nitrogens with one attached hydrogen (secondary N) is 1. The van der Waals surface area contributed by atoms with Gasteiger partial charge in [0, 0.05) is 6.42 Å². The van der Waals surface area contributed by atoms with Crippen LogP contribution in [-0.4, -0.2) is 35.6 Å². The lowest BCUT2D eigenvalue weighted by atomic mass is 10.2. The molecule has 0 aliphatic rings. The number of rotatable bonds is 7. The number of Topliss-reactive ketones (excluding diaryl/α,β-unsaturated/α-hetero) is 1. The second kappa shape index (κ2) is 7.45. The molecule has 86 valence electrons. The Kier molecular flexibility index (Phi) is 7.03. The summed E-state index contributed by atoms with van der Waals surface area (Å²) in [4.78, 5) is 22.3. The van der Waals surface area contributed by atoms with E-state index in [1.54, 1.807) is 20.1 Å². The molecule has 0 rings (SSSR count). The highest BCUT2D eigenvalue weighted by atomic mass is 32.2. The molecular weight excluding hydrogens is 214 g/mol. The molecule has 0 radical (unpaired) electrons. The van der Waals surface area contributed by atoms with Crippen LogP contribution in [0.4, 0.5) is 0 Å². The van der Waals surface area contributed by atoms with Crippen LogP contribution in [0.5, 0.6) is 0 Å². The number of hydrogen-bond donors (Lipinski definition) is 1. The van der Waals surface area contributed by atoms with Gasteiger partial charge in [-0.15, -0.1) is 0 Å². The monoisotopic (exact) mass is 231 g/mol. The first kappa shape index (κ1) is 14.2. The van der Waals surface area contributed by atoms with Gasteiger partial charge in [0.2, 0.25) is 0 Å². The van der Waals surface area contributed by atoms with Crippen LogP contribution >= 0.6 is 11.8 Å². The minimum Gasteiger partial charge on any atom is -0.462 e. The van der Waals surface area contributed by atoms with E-state index in [2.05, 4.69) is 0 Å². The zero-order valence-corrected chi connectivity index (χ0v) is 10.1. The number of carbonyl (C=O) groups excluding carboxylic acids is 2. The third-order valence-electron chi connectivity index (χ3n) is 1.71. The van der Waals surface area contributed by atoms with Crippen LogP contribution < -0.4 is 0 Å². The van der Waals surface area contributed by atoms with Crippen LogP contribution in [0.25, 0.3) is 0 Å². The Morgan fingerprint density at radius 1 is 1.47 bits per heavy atom. The Labute approximate surface area is 94.3 Å². The number of ketones is 1. The SMILES string of the molecule is CSC(CCC(=O)C=N)C(=O)OC(C)C. The van der Waals surface area contributed by atoms with Crippen molar-refractivity contribution in [2.45, 2.75) is 38.0 Å². The number of thioether (sulfide) groups is 1. The number of esters is 1. The molecule has 15 heavy (non-hydrogen) atoms. The van der Waals surface area contributed by atoms with E-state index in [4.69, 9.17) is 10.1 Å². The Morgan fingerprint density at radius 2 is 2.07 bits per heavy atom. The second-order valence-electron chi connectivity index (χ2n) is 3.36. The van der Waals surface area contributed by atoms with Crippen molar-refractivity contribution in [1.82, 2.24) is 0 Å². The van der Waals surface area contributed by atoms with Crippen molar-refractivity contribution in [1.29, 1.82) is 5.41 Å². The van der Waals surface area contributed by atoms with Gasteiger partial charge < -0.3 is 10.1 Å². The standard InChI is InChI=1S/C10H17NO3S/c1-7(2)14-10(13)9(15-3)5-4-8(12)6-11/h6-7,9,11H,4-5H2,1-3H3. The van der Waals surface area contributed by atoms with Gasteiger partial charge in [-0.25, -0.2) is 0 Å². The van der Waals surface area contributed by atoms with Gasteiger partial charge in [-0.05, 0) is 26.5 Å². The largest absolute Gasteiger partial charge is 0.462 e. The van der Waals surface area contributed by atoms with E-state index >= 15 is 0 Å². The van der Waals surface area contributed by atoms with Crippen LogP contribution in [0, 0.1) is 5.41 Å². The van der Waals surface area contributed by atoms with Gasteiger partial charge in [-0.2, -0.15) is 11.8 Å². The Morgan fingerprint density at radius 3 is 2.47 bits per heavy atom. The fourth-order valence-electron chi connectivity index (χ4n) is 0.986. The molecule has 0 aromatic heterocycles. The van der Waals surface area contributed by atoms with Gasteiger partial charge in [-0.1, -0.05) is 0 Å². The minimum atomic E-state index is -0.309. The van der Waals surface area contributed by atoms with Crippen LogP contribution in [0.1, 0.15) is 26.7 Å². The summed E-state index contributed by atoms with van der Waals surface area (Å²) in [5, 5.41) is 6.42. The molecule has 4 nitrogen and oxygen atoms in total. The predicted octanol–water partition coefficient (Wildman–Crippen LogP) is 1.67. The van der Waals surface area contributed by atoms with Gasteiger partial charge in [0.05, 0.1) is 12.3 Å². The quantitative estimate of drug-likeness (QED) is 0.534. The lowest BCUT2D eigenvalue weighted by Crippen LogP contribution is -2.24. The Balaban J connectivity index is 4.06. The smallest absolute Gasteiger partial charge is 0.319 e. The fourth-order valence-corrected chi connectivity index (χ4v) is 1.59. The zero-order chi connectivity index (χ0) is 11.8. The maximum atomic E-state index is 11.5. The molecule has 0 spiro atoms. The van der Waals surface area contributed by atoms with Crippen molar-refractivity contribution in [2.75, 3.05) is 6.26 Å². The first-order chi connectivity index (χ1) is 7.01. The van der Waals surface area contributed by atoms with E-state index in [1.807, 2.05) is 0 Å². The number of carbonyl (C=O) groups is 2. The average Bonchev–Trinajstić information content (AvgIpc) is 2.17. The van der Waals surface area contributed by atoms with Gasteiger partial charge >= 0.3 is 5.97 Å². The molecule has 0 amide bonds. The fraction of sp³-hybridized carbons (Fsp3) is 0.700. The summed E-state index contributed by atoms with van der Waals surface area (Å²) in [6, 6.07) is 0. The molecule has 0 aromatic rings. The zero-order valence-electron chi connectivity index (χ0n) is 9.28. The molecule has 0 saturated heterocycles. The third-order valence-corrected chi connectivity index (χ3v) is 2.71. The molecule has 0 fully saturated rings. The normalized spacial score (nSPS) is 12.3. The topological polar surface area (TPSA) is 67.2 Å². The average molecular weight is 231 g/mol. The molecule has 1 atom stereocenters. The first-order valence-corrected chi connectivity index (χ1v) is 6.06. The molecular formula is C10H17NO3S. The summed E-state index contributed by atoms with van der Waals surface area (Å²) >= 11 is 1.37. The first-order valence-electron chi connectivity index (χ1n) is 4.77. The van der Waals surface area contributed by atoms with Crippen molar-refractivity contribution in [2.24, 2.45) is 0 Å². The van der Waals surface area contributed by atoms with Crippen molar-refractivity contribution in [3.8, 4) is 0 Å². The van der Waals surface area contributed by atoms with E-state index in [-0.39, 0.29) is 29.5 Å². The number of ether oxygens (including phenoxy) is 1. The summed E-state index contributed by atoms with van der Waals surface area (Å²) in [7, 11) is 0. The van der Waals surface area contributed by atoms with Crippen LogP contribution in [0.3, 0.4) is 0 Å².